The maximum Gasteiger partial charge on any atom is 0.101 e. The van der Waals surface area contributed by atoms with Crippen LogP contribution in [0.25, 0.3) is 0 Å². The Bertz CT molecular complexity index is 560. The minimum Gasteiger partial charge on any atom is -0.469 e. The molecule has 0 aliphatic heterocycles. The third kappa shape index (κ3) is 3.13. The van der Waals surface area contributed by atoms with Gasteiger partial charge in [0.05, 0.1) is 12.3 Å². The standard InChI is InChI=1S/C18H25NO/c1-6-7-19-18(16-10-15(5)20-11-16)17-13(3)8-12(2)9-14(17)4/h8-11,18-19H,6-7H2,1-5H3. The average molecular weight is 271 g/mol. The van der Waals surface area contributed by atoms with Crippen molar-refractivity contribution in [1.82, 2.24) is 5.32 Å². The number of nitrogens with one attached hydrogen (secondary N) is 1. The zero-order chi connectivity index (χ0) is 14.7. The van der Waals surface area contributed by atoms with Gasteiger partial charge in [-0.1, -0.05) is 24.6 Å². The molecule has 0 aliphatic rings. The van der Waals surface area contributed by atoms with Crippen molar-refractivity contribution in [1.29, 1.82) is 0 Å². The first-order chi connectivity index (χ1) is 9.52. The van der Waals surface area contributed by atoms with Crippen LogP contribution in [-0.2, 0) is 0 Å². The molecule has 0 spiro atoms. The van der Waals surface area contributed by atoms with E-state index >= 15 is 0 Å². The lowest BCUT2D eigenvalue weighted by molar-refractivity contribution is 0.523. The van der Waals surface area contributed by atoms with Crippen LogP contribution in [0.1, 0.15) is 53.0 Å². The Morgan fingerprint density at radius 3 is 2.20 bits per heavy atom. The molecular weight excluding hydrogens is 246 g/mol. The number of furan rings is 1. The van der Waals surface area contributed by atoms with Gasteiger partial charge in [-0.3, -0.25) is 0 Å². The van der Waals surface area contributed by atoms with Gasteiger partial charge in [-0.25, -0.2) is 0 Å². The largest absolute Gasteiger partial charge is 0.469 e. The van der Waals surface area contributed by atoms with Crippen molar-refractivity contribution in [3.63, 3.8) is 0 Å². The van der Waals surface area contributed by atoms with E-state index in [2.05, 4.69) is 51.2 Å². The van der Waals surface area contributed by atoms with Crippen LogP contribution in [-0.4, -0.2) is 6.54 Å². The van der Waals surface area contributed by atoms with Gasteiger partial charge in [-0.15, -0.1) is 0 Å². The number of hydrogen-bond donors (Lipinski definition) is 1. The van der Waals surface area contributed by atoms with Crippen LogP contribution in [0.2, 0.25) is 0 Å². The predicted molar refractivity (Wildman–Crippen MR) is 84.2 cm³/mol. The Kier molecular flexibility index (Phi) is 4.66. The molecule has 0 radical (unpaired) electrons. The molecule has 0 amide bonds. The Balaban J connectivity index is 2.46. The second-order valence-corrected chi connectivity index (χ2v) is 5.69. The van der Waals surface area contributed by atoms with Crippen molar-refractivity contribution >= 4 is 0 Å². The summed E-state index contributed by atoms with van der Waals surface area (Å²) >= 11 is 0. The summed E-state index contributed by atoms with van der Waals surface area (Å²) in [6, 6.07) is 6.87. The Morgan fingerprint density at radius 1 is 1.05 bits per heavy atom. The van der Waals surface area contributed by atoms with Crippen LogP contribution >= 0.6 is 0 Å². The zero-order valence-corrected chi connectivity index (χ0v) is 13.2. The molecule has 2 aromatic rings. The first-order valence-corrected chi connectivity index (χ1v) is 7.39. The lowest BCUT2D eigenvalue weighted by Gasteiger charge is -2.22. The molecule has 1 aromatic carbocycles. The lowest BCUT2D eigenvalue weighted by Crippen LogP contribution is -2.24. The van der Waals surface area contributed by atoms with Crippen LogP contribution in [0, 0.1) is 27.7 Å². The summed E-state index contributed by atoms with van der Waals surface area (Å²) < 4.78 is 5.51. The summed E-state index contributed by atoms with van der Waals surface area (Å²) in [5.41, 5.74) is 6.60. The van der Waals surface area contributed by atoms with Gasteiger partial charge in [0.2, 0.25) is 0 Å². The SMILES string of the molecule is CCCNC(c1coc(C)c1)c1c(C)cc(C)cc1C. The molecule has 108 valence electrons. The smallest absolute Gasteiger partial charge is 0.101 e. The van der Waals surface area contributed by atoms with Crippen molar-refractivity contribution < 1.29 is 4.42 Å². The molecule has 1 unspecified atom stereocenters. The summed E-state index contributed by atoms with van der Waals surface area (Å²) in [5, 5.41) is 3.66. The van der Waals surface area contributed by atoms with Gasteiger partial charge < -0.3 is 9.73 Å². The minimum atomic E-state index is 0.216. The fourth-order valence-corrected chi connectivity index (χ4v) is 2.94. The minimum absolute atomic E-state index is 0.216. The normalized spacial score (nSPS) is 12.7. The van der Waals surface area contributed by atoms with E-state index in [0.717, 1.165) is 18.7 Å². The van der Waals surface area contributed by atoms with Crippen molar-refractivity contribution in [2.45, 2.75) is 47.1 Å². The van der Waals surface area contributed by atoms with E-state index in [0.29, 0.717) is 0 Å². The Morgan fingerprint density at radius 2 is 1.70 bits per heavy atom. The molecule has 1 aromatic heterocycles. The highest BCUT2D eigenvalue weighted by atomic mass is 16.3. The second kappa shape index (κ2) is 6.27. The Hall–Kier alpha value is -1.54. The van der Waals surface area contributed by atoms with Crippen LogP contribution in [0.4, 0.5) is 0 Å². The fraction of sp³-hybridized carbons (Fsp3) is 0.444. The highest BCUT2D eigenvalue weighted by molar-refractivity contribution is 5.43. The third-order valence-electron chi connectivity index (χ3n) is 3.71. The molecule has 1 heterocycles. The molecule has 0 saturated heterocycles. The van der Waals surface area contributed by atoms with Crippen molar-refractivity contribution in [3.8, 4) is 0 Å². The average Bonchev–Trinajstić information content (AvgIpc) is 2.78. The molecule has 1 N–H and O–H groups in total. The summed E-state index contributed by atoms with van der Waals surface area (Å²) in [6.07, 6.45) is 3.00. The molecule has 1 atom stereocenters. The first kappa shape index (κ1) is 14.9. The van der Waals surface area contributed by atoms with E-state index in [1.807, 2.05) is 13.2 Å². The summed E-state index contributed by atoms with van der Waals surface area (Å²) in [6.45, 7) is 11.7. The van der Waals surface area contributed by atoms with Crippen LogP contribution in [0.15, 0.2) is 28.9 Å². The van der Waals surface area contributed by atoms with E-state index in [9.17, 15) is 0 Å². The highest BCUT2D eigenvalue weighted by Crippen LogP contribution is 2.30. The van der Waals surface area contributed by atoms with E-state index in [1.54, 1.807) is 0 Å². The third-order valence-corrected chi connectivity index (χ3v) is 3.71. The first-order valence-electron chi connectivity index (χ1n) is 7.39. The van der Waals surface area contributed by atoms with E-state index in [-0.39, 0.29) is 6.04 Å². The number of rotatable bonds is 5. The van der Waals surface area contributed by atoms with Crippen molar-refractivity contribution in [3.05, 3.63) is 58.0 Å². The van der Waals surface area contributed by atoms with Gasteiger partial charge in [0.25, 0.3) is 0 Å². The molecule has 0 bridgehead atoms. The van der Waals surface area contributed by atoms with Gasteiger partial charge in [0.1, 0.15) is 5.76 Å². The summed E-state index contributed by atoms with van der Waals surface area (Å²) in [5.74, 6) is 0.964. The maximum atomic E-state index is 5.51. The monoisotopic (exact) mass is 271 g/mol. The molecular formula is C18H25NO. The molecule has 2 nitrogen and oxygen atoms in total. The summed E-state index contributed by atoms with van der Waals surface area (Å²) in [4.78, 5) is 0. The van der Waals surface area contributed by atoms with Crippen LogP contribution in [0.3, 0.4) is 0 Å². The van der Waals surface area contributed by atoms with Crippen molar-refractivity contribution in [2.24, 2.45) is 0 Å². The molecule has 0 fully saturated rings. The maximum absolute atomic E-state index is 5.51. The van der Waals surface area contributed by atoms with Gasteiger partial charge in [-0.2, -0.15) is 0 Å². The van der Waals surface area contributed by atoms with E-state index in [4.69, 9.17) is 4.42 Å². The van der Waals surface area contributed by atoms with Gasteiger partial charge in [0, 0.05) is 5.56 Å². The van der Waals surface area contributed by atoms with E-state index in [1.165, 1.54) is 27.8 Å². The van der Waals surface area contributed by atoms with Gasteiger partial charge >= 0.3 is 0 Å². The van der Waals surface area contributed by atoms with Crippen molar-refractivity contribution in [2.75, 3.05) is 6.54 Å². The summed E-state index contributed by atoms with van der Waals surface area (Å²) in [7, 11) is 0. The van der Waals surface area contributed by atoms with Gasteiger partial charge in [0.15, 0.2) is 0 Å². The molecule has 20 heavy (non-hydrogen) atoms. The number of benzene rings is 1. The van der Waals surface area contributed by atoms with E-state index < -0.39 is 0 Å². The lowest BCUT2D eigenvalue weighted by atomic mass is 9.91. The number of hydrogen-bond acceptors (Lipinski definition) is 2. The second-order valence-electron chi connectivity index (χ2n) is 5.69. The number of aryl methyl sites for hydroxylation is 4. The predicted octanol–water partition coefficient (Wildman–Crippen LogP) is 4.60. The molecule has 2 heteroatoms. The molecule has 0 aliphatic carbocycles. The fourth-order valence-electron chi connectivity index (χ4n) is 2.94. The topological polar surface area (TPSA) is 25.2 Å². The Labute approximate surface area is 122 Å². The quantitative estimate of drug-likeness (QED) is 0.859. The zero-order valence-electron chi connectivity index (χ0n) is 13.2. The van der Waals surface area contributed by atoms with Gasteiger partial charge in [-0.05, 0) is 63.4 Å². The van der Waals surface area contributed by atoms with Crippen LogP contribution in [0.5, 0.6) is 0 Å². The molecule has 0 saturated carbocycles. The highest BCUT2D eigenvalue weighted by Gasteiger charge is 2.19. The van der Waals surface area contributed by atoms with Crippen LogP contribution < -0.4 is 5.32 Å². The molecule has 2 rings (SSSR count).